The average Bonchev–Trinajstić information content (AvgIpc) is 3.09. The molecule has 1 aromatic heterocycles. The molecule has 0 spiro atoms. The Morgan fingerprint density at radius 2 is 1.75 bits per heavy atom. The zero-order valence-corrected chi connectivity index (χ0v) is 13.2. The summed E-state index contributed by atoms with van der Waals surface area (Å²) in [5.41, 5.74) is 0.550. The molecule has 2 aromatic carbocycles. The molecule has 0 bridgehead atoms. The van der Waals surface area contributed by atoms with Crippen LogP contribution in [0.5, 0.6) is 0 Å². The summed E-state index contributed by atoms with van der Waals surface area (Å²) in [6.07, 6.45) is 1.45. The largest absolute Gasteiger partial charge is 0.478 e. The van der Waals surface area contributed by atoms with Crippen molar-refractivity contribution in [2.45, 2.75) is 4.90 Å². The number of furan rings is 1. The molecule has 3 aromatic rings. The molecule has 0 saturated heterocycles. The van der Waals surface area contributed by atoms with Crippen molar-refractivity contribution in [3.05, 3.63) is 72.5 Å². The van der Waals surface area contributed by atoms with Gasteiger partial charge in [-0.25, -0.2) is 13.2 Å². The van der Waals surface area contributed by atoms with Crippen LogP contribution in [0.1, 0.15) is 10.4 Å². The first kappa shape index (κ1) is 15.8. The summed E-state index contributed by atoms with van der Waals surface area (Å²) < 4.78 is 32.8. The van der Waals surface area contributed by atoms with Gasteiger partial charge in [-0.3, -0.25) is 4.72 Å². The lowest BCUT2D eigenvalue weighted by atomic mass is 10.1. The molecule has 0 aliphatic heterocycles. The van der Waals surface area contributed by atoms with Gasteiger partial charge in [-0.15, -0.1) is 0 Å². The molecule has 0 aliphatic carbocycles. The minimum absolute atomic E-state index is 0.0314. The van der Waals surface area contributed by atoms with Gasteiger partial charge in [0.15, 0.2) is 0 Å². The Bertz CT molecular complexity index is 963. The van der Waals surface area contributed by atoms with Crippen molar-refractivity contribution in [2.24, 2.45) is 0 Å². The van der Waals surface area contributed by atoms with Crippen LogP contribution in [0.25, 0.3) is 11.3 Å². The fourth-order valence-electron chi connectivity index (χ4n) is 2.21. The van der Waals surface area contributed by atoms with E-state index in [1.165, 1.54) is 36.6 Å². The first-order valence-corrected chi connectivity index (χ1v) is 8.45. The smallest absolute Gasteiger partial charge is 0.335 e. The van der Waals surface area contributed by atoms with Crippen molar-refractivity contribution < 1.29 is 22.7 Å². The second-order valence-corrected chi connectivity index (χ2v) is 6.64. The van der Waals surface area contributed by atoms with Gasteiger partial charge >= 0.3 is 5.97 Å². The summed E-state index contributed by atoms with van der Waals surface area (Å²) in [5, 5.41) is 9.15. The number of aromatic carboxylic acids is 1. The third-order valence-corrected chi connectivity index (χ3v) is 4.73. The van der Waals surface area contributed by atoms with Crippen LogP contribution in [0.2, 0.25) is 0 Å². The predicted octanol–water partition coefficient (Wildman–Crippen LogP) is 3.45. The maximum atomic E-state index is 12.5. The van der Waals surface area contributed by atoms with E-state index >= 15 is 0 Å². The van der Waals surface area contributed by atoms with Crippen molar-refractivity contribution in [2.75, 3.05) is 4.72 Å². The zero-order chi connectivity index (χ0) is 17.2. The first-order valence-electron chi connectivity index (χ1n) is 6.96. The van der Waals surface area contributed by atoms with Crippen LogP contribution >= 0.6 is 0 Å². The number of hydrogen-bond acceptors (Lipinski definition) is 4. The molecule has 0 radical (unpaired) electrons. The number of rotatable bonds is 5. The number of anilines is 1. The van der Waals surface area contributed by atoms with Crippen molar-refractivity contribution in [3.63, 3.8) is 0 Å². The second kappa shape index (κ2) is 6.21. The van der Waals surface area contributed by atoms with Gasteiger partial charge in [0, 0.05) is 5.56 Å². The molecule has 122 valence electrons. The summed E-state index contributed by atoms with van der Waals surface area (Å²) >= 11 is 0. The van der Waals surface area contributed by atoms with Crippen LogP contribution in [0.15, 0.2) is 76.2 Å². The molecule has 0 aliphatic rings. The van der Waals surface area contributed by atoms with Crippen LogP contribution < -0.4 is 4.72 Å². The molecule has 0 fully saturated rings. The van der Waals surface area contributed by atoms with Gasteiger partial charge in [0.1, 0.15) is 5.76 Å². The molecule has 0 amide bonds. The van der Waals surface area contributed by atoms with Crippen LogP contribution in [0, 0.1) is 0 Å². The molecule has 1 heterocycles. The van der Waals surface area contributed by atoms with Gasteiger partial charge in [-0.1, -0.05) is 18.2 Å². The molecular formula is C17H13NO5S. The Morgan fingerprint density at radius 1 is 1.00 bits per heavy atom. The van der Waals surface area contributed by atoms with E-state index in [9.17, 15) is 13.2 Å². The molecule has 24 heavy (non-hydrogen) atoms. The highest BCUT2D eigenvalue weighted by Gasteiger charge is 2.19. The minimum atomic E-state index is -3.85. The maximum absolute atomic E-state index is 12.5. The van der Waals surface area contributed by atoms with Crippen LogP contribution in [-0.2, 0) is 10.0 Å². The molecule has 7 heteroatoms. The summed E-state index contributed by atoms with van der Waals surface area (Å²) in [7, 11) is -3.85. The highest BCUT2D eigenvalue weighted by atomic mass is 32.2. The first-order chi connectivity index (χ1) is 11.5. The maximum Gasteiger partial charge on any atom is 0.335 e. The van der Waals surface area contributed by atoms with Crippen LogP contribution in [0.4, 0.5) is 5.69 Å². The SMILES string of the molecule is O=C(O)c1ccc(-c2ccco2)c(NS(=O)(=O)c2ccccc2)c1. The van der Waals surface area contributed by atoms with E-state index in [1.54, 1.807) is 30.3 Å². The van der Waals surface area contributed by atoms with Gasteiger partial charge in [0.25, 0.3) is 10.0 Å². The number of sulfonamides is 1. The second-order valence-electron chi connectivity index (χ2n) is 4.96. The topological polar surface area (TPSA) is 96.6 Å². The molecular weight excluding hydrogens is 330 g/mol. The van der Waals surface area contributed by atoms with Crippen LogP contribution in [0.3, 0.4) is 0 Å². The number of hydrogen-bond donors (Lipinski definition) is 2. The lowest BCUT2D eigenvalue weighted by Gasteiger charge is -2.12. The third-order valence-electron chi connectivity index (χ3n) is 3.35. The van der Waals surface area contributed by atoms with E-state index in [0.717, 1.165) is 0 Å². The fourth-order valence-corrected chi connectivity index (χ4v) is 3.30. The number of carbonyl (C=O) groups is 1. The molecule has 3 rings (SSSR count). The van der Waals surface area contributed by atoms with E-state index in [0.29, 0.717) is 11.3 Å². The summed E-state index contributed by atoms with van der Waals surface area (Å²) in [5.74, 6) is -0.723. The minimum Gasteiger partial charge on any atom is -0.478 e. The lowest BCUT2D eigenvalue weighted by molar-refractivity contribution is 0.0697. The lowest BCUT2D eigenvalue weighted by Crippen LogP contribution is -2.14. The molecule has 0 saturated carbocycles. The van der Waals surface area contributed by atoms with E-state index in [-0.39, 0.29) is 16.1 Å². The third kappa shape index (κ3) is 3.16. The van der Waals surface area contributed by atoms with Crippen molar-refractivity contribution in [3.8, 4) is 11.3 Å². The van der Waals surface area contributed by atoms with Gasteiger partial charge in [-0.05, 0) is 42.5 Å². The Hall–Kier alpha value is -3.06. The van der Waals surface area contributed by atoms with Gasteiger partial charge in [0.2, 0.25) is 0 Å². The standard InChI is InChI=1S/C17H13NO5S/c19-17(20)12-8-9-14(16-7-4-10-23-16)15(11-12)18-24(21,22)13-5-2-1-3-6-13/h1-11,18H,(H,19,20). The Kier molecular flexibility index (Phi) is 4.09. The fraction of sp³-hybridized carbons (Fsp3) is 0. The van der Waals surface area contributed by atoms with E-state index < -0.39 is 16.0 Å². The number of carboxylic acids is 1. The summed E-state index contributed by atoms with van der Waals surface area (Å²) in [6.45, 7) is 0. The number of carboxylic acid groups (broad SMARTS) is 1. The van der Waals surface area contributed by atoms with E-state index in [4.69, 9.17) is 9.52 Å². The molecule has 2 N–H and O–H groups in total. The molecule has 0 unspecified atom stereocenters. The zero-order valence-electron chi connectivity index (χ0n) is 12.3. The highest BCUT2D eigenvalue weighted by molar-refractivity contribution is 7.92. The quantitative estimate of drug-likeness (QED) is 0.739. The normalized spacial score (nSPS) is 11.2. The van der Waals surface area contributed by atoms with E-state index in [2.05, 4.69) is 4.72 Å². The Labute approximate surface area is 138 Å². The Balaban J connectivity index is 2.08. The van der Waals surface area contributed by atoms with Crippen molar-refractivity contribution in [1.82, 2.24) is 0 Å². The number of benzene rings is 2. The Morgan fingerprint density at radius 3 is 2.38 bits per heavy atom. The van der Waals surface area contributed by atoms with Gasteiger partial charge < -0.3 is 9.52 Å². The average molecular weight is 343 g/mol. The summed E-state index contributed by atoms with van der Waals surface area (Å²) in [6, 6.07) is 15.3. The van der Waals surface area contributed by atoms with Crippen molar-refractivity contribution in [1.29, 1.82) is 0 Å². The predicted molar refractivity (Wildman–Crippen MR) is 88.4 cm³/mol. The number of nitrogens with one attached hydrogen (secondary N) is 1. The summed E-state index contributed by atoms with van der Waals surface area (Å²) in [4.78, 5) is 11.3. The molecule has 6 nitrogen and oxygen atoms in total. The van der Waals surface area contributed by atoms with Crippen molar-refractivity contribution >= 4 is 21.7 Å². The highest BCUT2D eigenvalue weighted by Crippen LogP contribution is 2.31. The van der Waals surface area contributed by atoms with Gasteiger partial charge in [-0.2, -0.15) is 0 Å². The molecule has 0 atom stereocenters. The monoisotopic (exact) mass is 343 g/mol. The van der Waals surface area contributed by atoms with Gasteiger partial charge in [0.05, 0.1) is 22.4 Å². The van der Waals surface area contributed by atoms with E-state index in [1.807, 2.05) is 0 Å². The van der Waals surface area contributed by atoms with Crippen LogP contribution in [-0.4, -0.2) is 19.5 Å².